The Morgan fingerprint density at radius 2 is 2.00 bits per heavy atom. The number of carbonyl (C=O) groups excluding carboxylic acids is 1. The van der Waals surface area contributed by atoms with Crippen LogP contribution in [-0.4, -0.2) is 23.3 Å². The molecule has 0 radical (unpaired) electrons. The first kappa shape index (κ1) is 9.73. The maximum atomic E-state index is 11.3. The fraction of sp³-hybridized carbons (Fsp3) is 0.500. The lowest BCUT2D eigenvalue weighted by Crippen LogP contribution is -2.27. The second-order valence-electron chi connectivity index (χ2n) is 1.51. The molecule has 0 aliphatic heterocycles. The van der Waals surface area contributed by atoms with Crippen LogP contribution in [0.2, 0.25) is 0 Å². The molecule has 0 aromatic carbocycles. The van der Waals surface area contributed by atoms with Gasteiger partial charge in [-0.25, -0.2) is 4.79 Å². The molecule has 0 amide bonds. The third kappa shape index (κ3) is 3.43. The van der Waals surface area contributed by atoms with Crippen LogP contribution in [0.25, 0.3) is 0 Å². The first-order chi connectivity index (χ1) is 4.88. The van der Waals surface area contributed by atoms with Crippen LogP contribution in [0.5, 0.6) is 0 Å². The summed E-state index contributed by atoms with van der Waals surface area (Å²) in [4.78, 5) is 9.89. The Morgan fingerprint density at radius 1 is 1.55 bits per heavy atom. The van der Waals surface area contributed by atoms with Gasteiger partial charge in [0.15, 0.2) is 0 Å². The van der Waals surface area contributed by atoms with E-state index < -0.39 is 18.0 Å². The topological polar surface area (TPSA) is 58.9 Å². The van der Waals surface area contributed by atoms with Gasteiger partial charge in [0, 0.05) is 6.92 Å². The van der Waals surface area contributed by atoms with Crippen LogP contribution in [0.4, 0.5) is 13.2 Å². The Hall–Kier alpha value is -1.27. The molecule has 0 aromatic heterocycles. The number of hydrogen-bond acceptors (Lipinski definition) is 4. The lowest BCUT2D eigenvalue weighted by molar-refractivity contribution is -0.191. The van der Waals surface area contributed by atoms with Crippen molar-refractivity contribution < 1.29 is 27.9 Å². The molecular formula is C4H4F3NO3. The number of nitrogens with zero attached hydrogens (tertiary/aromatic N) is 1. The second-order valence-corrected chi connectivity index (χ2v) is 1.51. The molecule has 0 aliphatic rings. The van der Waals surface area contributed by atoms with E-state index in [1.54, 1.807) is 0 Å². The average molecular weight is 171 g/mol. The third-order valence-electron chi connectivity index (χ3n) is 0.613. The van der Waals surface area contributed by atoms with Gasteiger partial charge in [-0.2, -0.15) is 13.2 Å². The summed E-state index contributed by atoms with van der Waals surface area (Å²) in [7, 11) is 0. The van der Waals surface area contributed by atoms with E-state index in [1.165, 1.54) is 0 Å². The van der Waals surface area contributed by atoms with Crippen LogP contribution in [-0.2, 0) is 9.53 Å². The molecule has 0 fully saturated rings. The smallest absolute Gasteiger partial charge is 0.408 e. The summed E-state index contributed by atoms with van der Waals surface area (Å²) in [5.41, 5.74) is 0. The zero-order chi connectivity index (χ0) is 9.07. The van der Waals surface area contributed by atoms with E-state index in [0.29, 0.717) is 0 Å². The monoisotopic (exact) mass is 171 g/mol. The maximum Gasteiger partial charge on any atom is 0.491 e. The molecule has 0 saturated carbocycles. The fourth-order valence-corrected chi connectivity index (χ4v) is 0.212. The molecule has 7 heteroatoms. The largest absolute Gasteiger partial charge is 0.491 e. The number of alkyl halides is 3. The Kier molecular flexibility index (Phi) is 2.85. The van der Waals surface area contributed by atoms with E-state index in [0.717, 1.165) is 6.92 Å². The van der Waals surface area contributed by atoms with Gasteiger partial charge in [-0.1, -0.05) is 5.16 Å². The number of ether oxygens (including phenoxy) is 1. The van der Waals surface area contributed by atoms with E-state index in [4.69, 9.17) is 5.21 Å². The van der Waals surface area contributed by atoms with Gasteiger partial charge in [0.05, 0.1) is 0 Å². The van der Waals surface area contributed by atoms with Crippen molar-refractivity contribution in [3.63, 3.8) is 0 Å². The lowest BCUT2D eigenvalue weighted by Gasteiger charge is -2.03. The first-order valence-corrected chi connectivity index (χ1v) is 2.35. The molecule has 1 N–H and O–H groups in total. The van der Waals surface area contributed by atoms with Crippen molar-refractivity contribution >= 4 is 11.9 Å². The standard InChI is InChI=1S/C4H4F3NO3/c1-2(8-10)11-3(9)4(5,6)7/h10H,1H3/b8-2+. The highest BCUT2D eigenvalue weighted by Crippen LogP contribution is 2.16. The Morgan fingerprint density at radius 3 is 2.27 bits per heavy atom. The number of esters is 1. The van der Waals surface area contributed by atoms with Crippen molar-refractivity contribution in [2.75, 3.05) is 0 Å². The van der Waals surface area contributed by atoms with Gasteiger partial charge in [-0.05, 0) is 0 Å². The van der Waals surface area contributed by atoms with Crippen LogP contribution in [0.15, 0.2) is 5.16 Å². The van der Waals surface area contributed by atoms with Crippen molar-refractivity contribution in [2.24, 2.45) is 5.16 Å². The highest BCUT2D eigenvalue weighted by atomic mass is 19.4. The minimum Gasteiger partial charge on any atom is -0.408 e. The summed E-state index contributed by atoms with van der Waals surface area (Å²) in [5, 5.41) is 10.0. The molecule has 0 saturated heterocycles. The van der Waals surface area contributed by atoms with Gasteiger partial charge in [0.25, 0.3) is 0 Å². The second kappa shape index (κ2) is 3.22. The predicted octanol–water partition coefficient (Wildman–Crippen LogP) is 0.899. The minimum atomic E-state index is -5.06. The van der Waals surface area contributed by atoms with Crippen molar-refractivity contribution in [1.82, 2.24) is 0 Å². The SMILES string of the molecule is C/C(=N\O)OC(=O)C(F)(F)F. The van der Waals surface area contributed by atoms with Gasteiger partial charge < -0.3 is 9.94 Å². The summed E-state index contributed by atoms with van der Waals surface area (Å²) in [6.07, 6.45) is -5.06. The Balaban J connectivity index is 4.10. The van der Waals surface area contributed by atoms with E-state index in [2.05, 4.69) is 9.89 Å². The summed E-state index contributed by atoms with van der Waals surface area (Å²) in [6, 6.07) is 0. The molecule has 11 heavy (non-hydrogen) atoms. The van der Waals surface area contributed by atoms with Gasteiger partial charge in [0.1, 0.15) is 0 Å². The zero-order valence-electron chi connectivity index (χ0n) is 5.34. The molecule has 0 spiro atoms. The molecule has 0 heterocycles. The lowest BCUT2D eigenvalue weighted by atomic mass is 10.6. The molecule has 0 bridgehead atoms. The van der Waals surface area contributed by atoms with Crippen molar-refractivity contribution in [3.8, 4) is 0 Å². The maximum absolute atomic E-state index is 11.3. The molecule has 0 aliphatic carbocycles. The number of halogens is 3. The Bertz CT molecular complexity index is 186. The number of rotatable bonds is 0. The first-order valence-electron chi connectivity index (χ1n) is 2.35. The molecule has 64 valence electrons. The van der Waals surface area contributed by atoms with E-state index in [9.17, 15) is 18.0 Å². The molecule has 0 atom stereocenters. The molecule has 0 unspecified atom stereocenters. The van der Waals surface area contributed by atoms with Gasteiger partial charge in [0.2, 0.25) is 5.90 Å². The van der Waals surface area contributed by atoms with Crippen molar-refractivity contribution in [1.29, 1.82) is 0 Å². The third-order valence-corrected chi connectivity index (χ3v) is 0.613. The molecule has 0 rings (SSSR count). The summed E-state index contributed by atoms with van der Waals surface area (Å²) >= 11 is 0. The van der Waals surface area contributed by atoms with Crippen LogP contribution in [0.3, 0.4) is 0 Å². The van der Waals surface area contributed by atoms with Crippen LogP contribution >= 0.6 is 0 Å². The predicted molar refractivity (Wildman–Crippen MR) is 27.0 cm³/mol. The number of oxime groups is 1. The van der Waals surface area contributed by atoms with Gasteiger partial charge in [-0.15, -0.1) is 0 Å². The van der Waals surface area contributed by atoms with E-state index in [-0.39, 0.29) is 0 Å². The van der Waals surface area contributed by atoms with Gasteiger partial charge in [-0.3, -0.25) is 0 Å². The number of hydrogen-bond donors (Lipinski definition) is 1. The van der Waals surface area contributed by atoms with E-state index in [1.807, 2.05) is 0 Å². The summed E-state index contributed by atoms with van der Waals surface area (Å²) < 4.78 is 37.5. The van der Waals surface area contributed by atoms with Gasteiger partial charge >= 0.3 is 12.1 Å². The van der Waals surface area contributed by atoms with Crippen LogP contribution in [0, 0.1) is 0 Å². The summed E-state index contributed by atoms with van der Waals surface area (Å²) in [6.45, 7) is 0.906. The molecular weight excluding hydrogens is 167 g/mol. The fourth-order valence-electron chi connectivity index (χ4n) is 0.212. The van der Waals surface area contributed by atoms with Crippen molar-refractivity contribution in [2.45, 2.75) is 13.1 Å². The zero-order valence-corrected chi connectivity index (χ0v) is 5.34. The highest BCUT2D eigenvalue weighted by Gasteiger charge is 2.41. The molecule has 4 nitrogen and oxygen atoms in total. The Labute approximate surface area is 59.2 Å². The van der Waals surface area contributed by atoms with Crippen molar-refractivity contribution in [3.05, 3.63) is 0 Å². The minimum absolute atomic E-state index is 0.757. The average Bonchev–Trinajstić information content (AvgIpc) is 1.85. The van der Waals surface area contributed by atoms with Crippen LogP contribution < -0.4 is 0 Å². The molecule has 0 aromatic rings. The normalized spacial score (nSPS) is 12.9. The quantitative estimate of drug-likeness (QED) is 0.193. The van der Waals surface area contributed by atoms with Crippen LogP contribution in [0.1, 0.15) is 6.92 Å². The number of carbonyl (C=O) groups is 1. The van der Waals surface area contributed by atoms with E-state index >= 15 is 0 Å². The highest BCUT2D eigenvalue weighted by molar-refractivity contribution is 5.89. The summed E-state index contributed by atoms with van der Waals surface area (Å²) in [5.74, 6) is -3.17.